The van der Waals surface area contributed by atoms with Crippen molar-refractivity contribution in [2.24, 2.45) is 7.05 Å². The van der Waals surface area contributed by atoms with E-state index in [1.807, 2.05) is 38.4 Å². The van der Waals surface area contributed by atoms with Gasteiger partial charge in [-0.1, -0.05) is 0 Å². The monoisotopic (exact) mass is 473 g/mol. The highest BCUT2D eigenvalue weighted by Crippen LogP contribution is 2.36. The Hall–Kier alpha value is -4.28. The predicted octanol–water partition coefficient (Wildman–Crippen LogP) is 2.14. The summed E-state index contributed by atoms with van der Waals surface area (Å²) in [5.74, 6) is 0.552. The average molecular weight is 474 g/mol. The third-order valence-corrected chi connectivity index (χ3v) is 6.57. The van der Waals surface area contributed by atoms with Crippen molar-refractivity contribution in [2.75, 3.05) is 17.2 Å². The fraction of sp³-hybridized carbons (Fsp3) is 0.333. The highest BCUT2D eigenvalue weighted by atomic mass is 16.2. The Labute approximate surface area is 202 Å². The van der Waals surface area contributed by atoms with Crippen LogP contribution in [0, 0.1) is 0 Å². The Morgan fingerprint density at radius 1 is 1.17 bits per heavy atom. The molecule has 11 heteroatoms. The Bertz CT molecular complexity index is 1470. The van der Waals surface area contributed by atoms with Crippen LogP contribution in [0.2, 0.25) is 0 Å². The summed E-state index contributed by atoms with van der Waals surface area (Å²) in [6, 6.07) is 5.47. The smallest absolute Gasteiger partial charge is 0.253 e. The number of carbonyl (C=O) groups is 2. The van der Waals surface area contributed by atoms with Crippen LogP contribution in [-0.2, 0) is 16.6 Å². The molecule has 0 aromatic carbocycles. The summed E-state index contributed by atoms with van der Waals surface area (Å²) < 4.78 is 3.46. The molecule has 4 aromatic rings. The molecule has 0 radical (unpaired) electrons. The predicted molar refractivity (Wildman–Crippen MR) is 131 cm³/mol. The lowest BCUT2D eigenvalue weighted by molar-refractivity contribution is -0.146. The summed E-state index contributed by atoms with van der Waals surface area (Å²) >= 11 is 0. The van der Waals surface area contributed by atoms with Crippen molar-refractivity contribution in [3.63, 3.8) is 0 Å². The van der Waals surface area contributed by atoms with Crippen LogP contribution in [0.1, 0.15) is 27.7 Å². The Morgan fingerprint density at radius 2 is 1.94 bits per heavy atom. The molecule has 1 fully saturated rings. The van der Waals surface area contributed by atoms with E-state index < -0.39 is 5.54 Å². The van der Waals surface area contributed by atoms with Gasteiger partial charge in [0.2, 0.25) is 5.91 Å². The lowest BCUT2D eigenvalue weighted by atomic mass is 9.94. The topological polar surface area (TPSA) is 128 Å². The number of aryl methyl sites for hydroxylation is 1. The number of hydrogen-bond acceptors (Lipinski definition) is 7. The van der Waals surface area contributed by atoms with E-state index in [0.29, 0.717) is 23.7 Å². The molecule has 11 nitrogen and oxygen atoms in total. The summed E-state index contributed by atoms with van der Waals surface area (Å²) in [6.45, 7) is 7.35. The van der Waals surface area contributed by atoms with Gasteiger partial charge in [-0.3, -0.25) is 19.2 Å². The Kier molecular flexibility index (Phi) is 5.08. The second-order valence-electron chi connectivity index (χ2n) is 9.37. The van der Waals surface area contributed by atoms with Crippen molar-refractivity contribution in [3.8, 4) is 22.4 Å². The largest absolute Gasteiger partial charge is 0.382 e. The summed E-state index contributed by atoms with van der Waals surface area (Å²) in [7, 11) is 1.85. The van der Waals surface area contributed by atoms with Crippen molar-refractivity contribution >= 4 is 29.0 Å². The molecule has 0 aliphatic carbocycles. The first-order valence-electron chi connectivity index (χ1n) is 11.3. The van der Waals surface area contributed by atoms with Crippen LogP contribution < -0.4 is 10.6 Å². The van der Waals surface area contributed by atoms with E-state index >= 15 is 0 Å². The molecule has 5 heterocycles. The molecule has 1 saturated heterocycles. The van der Waals surface area contributed by atoms with Crippen LogP contribution in [0.5, 0.6) is 0 Å². The molecule has 0 unspecified atom stereocenters. The first-order chi connectivity index (χ1) is 16.6. The molecule has 1 aliphatic rings. The maximum absolute atomic E-state index is 13.5. The number of nitrogens with two attached hydrogens (primary N) is 1. The quantitative estimate of drug-likeness (QED) is 0.483. The van der Waals surface area contributed by atoms with Crippen LogP contribution in [0.25, 0.3) is 27.9 Å². The number of fused-ring (bicyclic) bond motifs is 1. The molecule has 0 spiro atoms. The van der Waals surface area contributed by atoms with Crippen LogP contribution in [-0.4, -0.2) is 64.2 Å². The number of amides is 2. The van der Waals surface area contributed by atoms with Crippen LogP contribution in [0.4, 0.5) is 11.6 Å². The molecule has 0 saturated carbocycles. The summed E-state index contributed by atoms with van der Waals surface area (Å²) in [6.07, 6.45) is 6.75. The fourth-order valence-corrected chi connectivity index (χ4v) is 4.80. The second kappa shape index (κ2) is 7.90. The van der Waals surface area contributed by atoms with E-state index in [4.69, 9.17) is 5.73 Å². The third kappa shape index (κ3) is 3.50. The van der Waals surface area contributed by atoms with Crippen molar-refractivity contribution in [2.45, 2.75) is 39.3 Å². The van der Waals surface area contributed by atoms with Gasteiger partial charge in [-0.15, -0.1) is 0 Å². The summed E-state index contributed by atoms with van der Waals surface area (Å²) in [4.78, 5) is 37.7. The van der Waals surface area contributed by atoms with Crippen LogP contribution in [0.15, 0.2) is 43.1 Å². The number of aromatic nitrogens is 6. The van der Waals surface area contributed by atoms with E-state index in [1.165, 1.54) is 13.3 Å². The van der Waals surface area contributed by atoms with Gasteiger partial charge in [0.15, 0.2) is 5.82 Å². The summed E-state index contributed by atoms with van der Waals surface area (Å²) in [5, 5.41) is 8.73. The van der Waals surface area contributed by atoms with Crippen molar-refractivity contribution < 1.29 is 9.59 Å². The Morgan fingerprint density at radius 3 is 2.63 bits per heavy atom. The number of piperazine rings is 1. The molecule has 180 valence electrons. The molecule has 35 heavy (non-hydrogen) atoms. The zero-order valence-electron chi connectivity index (χ0n) is 20.3. The second-order valence-corrected chi connectivity index (χ2v) is 9.37. The van der Waals surface area contributed by atoms with Crippen molar-refractivity contribution in [1.29, 1.82) is 0 Å². The van der Waals surface area contributed by atoms with Gasteiger partial charge in [-0.25, -0.2) is 14.5 Å². The van der Waals surface area contributed by atoms with Crippen LogP contribution in [0.3, 0.4) is 0 Å². The van der Waals surface area contributed by atoms with E-state index in [1.54, 1.807) is 45.2 Å². The number of nitrogens with zero attached hydrogens (tertiary/aromatic N) is 8. The van der Waals surface area contributed by atoms with Gasteiger partial charge in [0.1, 0.15) is 23.2 Å². The number of pyridine rings is 1. The first-order valence-corrected chi connectivity index (χ1v) is 11.3. The van der Waals surface area contributed by atoms with Gasteiger partial charge in [-0.2, -0.15) is 10.2 Å². The molecule has 1 aliphatic heterocycles. The molecule has 2 amide bonds. The van der Waals surface area contributed by atoms with Gasteiger partial charge in [0.05, 0.1) is 17.9 Å². The molecule has 5 rings (SSSR count). The zero-order chi connectivity index (χ0) is 25.1. The standard InChI is InChI=1S/C24H27N9O2/c1-14-11-31(15(2)34)24(3,4)23(35)32(14)20-8-16(6-7-26-20)19-9-18(17-10-28-30(5)12-17)21-22(25)27-13-29-33(19)21/h6-10,12-14H,11H2,1-5H3,(H2,25,27,29)/t14-/m0/s1. The molecule has 1 atom stereocenters. The number of hydrogen-bond donors (Lipinski definition) is 1. The lowest BCUT2D eigenvalue weighted by Gasteiger charge is -2.48. The highest BCUT2D eigenvalue weighted by Gasteiger charge is 2.47. The zero-order valence-corrected chi connectivity index (χ0v) is 20.3. The first kappa shape index (κ1) is 22.5. The molecular weight excluding hydrogens is 446 g/mol. The Balaban J connectivity index is 1.62. The number of anilines is 2. The van der Waals surface area contributed by atoms with Gasteiger partial charge in [-0.05, 0) is 39.0 Å². The lowest BCUT2D eigenvalue weighted by Crippen LogP contribution is -2.67. The molecule has 4 aromatic heterocycles. The van der Waals surface area contributed by atoms with Crippen molar-refractivity contribution in [1.82, 2.24) is 34.3 Å². The molecular formula is C24H27N9O2. The van der Waals surface area contributed by atoms with Gasteiger partial charge < -0.3 is 10.6 Å². The van der Waals surface area contributed by atoms with E-state index in [0.717, 1.165) is 22.4 Å². The normalized spacial score (nSPS) is 17.9. The van der Waals surface area contributed by atoms with Crippen LogP contribution >= 0.6 is 0 Å². The van der Waals surface area contributed by atoms with Gasteiger partial charge in [0, 0.05) is 49.6 Å². The third-order valence-electron chi connectivity index (χ3n) is 6.57. The maximum atomic E-state index is 13.5. The average Bonchev–Trinajstić information content (AvgIpc) is 3.41. The van der Waals surface area contributed by atoms with E-state index in [2.05, 4.69) is 20.2 Å². The van der Waals surface area contributed by atoms with Crippen molar-refractivity contribution in [3.05, 3.63) is 43.1 Å². The molecule has 0 bridgehead atoms. The number of rotatable bonds is 3. The highest BCUT2D eigenvalue weighted by molar-refractivity contribution is 6.03. The minimum Gasteiger partial charge on any atom is -0.382 e. The SMILES string of the molecule is CC(=O)N1C[C@H](C)N(c2cc(-c3cc(-c4cnn(C)c4)c4c(N)ncnn34)ccn2)C(=O)C1(C)C. The molecule has 2 N–H and O–H groups in total. The minimum atomic E-state index is -0.979. The fourth-order valence-electron chi connectivity index (χ4n) is 4.80. The van der Waals surface area contributed by atoms with E-state index in [9.17, 15) is 9.59 Å². The minimum absolute atomic E-state index is 0.128. The van der Waals surface area contributed by atoms with E-state index in [-0.39, 0.29) is 17.9 Å². The summed E-state index contributed by atoms with van der Waals surface area (Å²) in [5.41, 5.74) is 9.27. The van der Waals surface area contributed by atoms with Gasteiger partial charge in [0.25, 0.3) is 5.91 Å². The van der Waals surface area contributed by atoms with Gasteiger partial charge >= 0.3 is 0 Å². The maximum Gasteiger partial charge on any atom is 0.253 e. The number of nitrogen functional groups attached to an aromatic ring is 1. The number of carbonyl (C=O) groups excluding carboxylic acids is 2.